The van der Waals surface area contributed by atoms with E-state index in [4.69, 9.17) is 10.5 Å². The van der Waals surface area contributed by atoms with Crippen LogP contribution in [-0.2, 0) is 13.1 Å². The number of anilines is 1. The monoisotopic (exact) mass is 284 g/mol. The molecule has 0 amide bonds. The van der Waals surface area contributed by atoms with Gasteiger partial charge in [0.1, 0.15) is 5.75 Å². The molecule has 0 saturated carbocycles. The van der Waals surface area contributed by atoms with E-state index in [-0.39, 0.29) is 0 Å². The van der Waals surface area contributed by atoms with Crippen LogP contribution in [0.25, 0.3) is 0 Å². The molecule has 0 aliphatic rings. The smallest absolute Gasteiger partial charge is 0.123 e. The van der Waals surface area contributed by atoms with E-state index in [1.165, 1.54) is 11.1 Å². The Morgan fingerprint density at radius 1 is 1.10 bits per heavy atom. The molecule has 112 valence electrons. The maximum absolute atomic E-state index is 5.90. The summed E-state index contributed by atoms with van der Waals surface area (Å²) in [6.07, 6.45) is 0. The lowest BCUT2D eigenvalue weighted by molar-refractivity contribution is 0.298. The first-order chi connectivity index (χ1) is 10.1. The van der Waals surface area contributed by atoms with Crippen LogP contribution >= 0.6 is 0 Å². The zero-order valence-electron chi connectivity index (χ0n) is 13.1. The minimum Gasteiger partial charge on any atom is -0.494 e. The Morgan fingerprint density at radius 2 is 1.90 bits per heavy atom. The van der Waals surface area contributed by atoms with E-state index in [0.29, 0.717) is 6.61 Å². The van der Waals surface area contributed by atoms with Gasteiger partial charge in [-0.2, -0.15) is 0 Å². The van der Waals surface area contributed by atoms with Crippen molar-refractivity contribution in [2.75, 3.05) is 19.4 Å². The van der Waals surface area contributed by atoms with Crippen molar-refractivity contribution in [1.82, 2.24) is 4.90 Å². The van der Waals surface area contributed by atoms with E-state index in [2.05, 4.69) is 43.1 Å². The third-order valence-corrected chi connectivity index (χ3v) is 3.36. The third kappa shape index (κ3) is 4.50. The molecule has 2 aromatic rings. The Morgan fingerprint density at radius 3 is 2.62 bits per heavy atom. The second-order valence-corrected chi connectivity index (χ2v) is 5.46. The predicted molar refractivity (Wildman–Crippen MR) is 88.4 cm³/mol. The lowest BCUT2D eigenvalue weighted by Gasteiger charge is -2.19. The number of nitrogens with zero attached hydrogens (tertiary/aromatic N) is 1. The number of aryl methyl sites for hydroxylation is 1. The molecule has 0 atom stereocenters. The second kappa shape index (κ2) is 7.14. The molecule has 0 radical (unpaired) electrons. The van der Waals surface area contributed by atoms with Crippen molar-refractivity contribution in [2.24, 2.45) is 0 Å². The highest BCUT2D eigenvalue weighted by Gasteiger charge is 2.08. The summed E-state index contributed by atoms with van der Waals surface area (Å²) in [6.45, 7) is 6.50. The topological polar surface area (TPSA) is 38.5 Å². The number of rotatable bonds is 6. The van der Waals surface area contributed by atoms with Gasteiger partial charge in [-0.15, -0.1) is 0 Å². The summed E-state index contributed by atoms with van der Waals surface area (Å²) in [5, 5.41) is 0. The standard InChI is InChI=1S/C18H24N2O/c1-4-21-18-9-8-17(19)11-16(18)13-20(3)12-15-7-5-6-14(2)10-15/h5-11H,4,12-13,19H2,1-3H3. The van der Waals surface area contributed by atoms with Crippen molar-refractivity contribution in [3.63, 3.8) is 0 Å². The molecular formula is C18H24N2O. The van der Waals surface area contributed by atoms with Crippen molar-refractivity contribution in [3.8, 4) is 5.75 Å². The number of ether oxygens (including phenoxy) is 1. The van der Waals surface area contributed by atoms with Gasteiger partial charge in [0.05, 0.1) is 6.61 Å². The van der Waals surface area contributed by atoms with Gasteiger partial charge >= 0.3 is 0 Å². The van der Waals surface area contributed by atoms with Crippen LogP contribution in [0.5, 0.6) is 5.75 Å². The van der Waals surface area contributed by atoms with Crippen molar-refractivity contribution in [1.29, 1.82) is 0 Å². The Kier molecular flexibility index (Phi) is 5.23. The summed E-state index contributed by atoms with van der Waals surface area (Å²) in [5.74, 6) is 0.919. The predicted octanol–water partition coefficient (Wildman–Crippen LogP) is 3.61. The molecule has 21 heavy (non-hydrogen) atoms. The SMILES string of the molecule is CCOc1ccc(N)cc1CN(C)Cc1cccc(C)c1. The van der Waals surface area contributed by atoms with Gasteiger partial charge in [-0.05, 0) is 44.7 Å². The van der Waals surface area contributed by atoms with Gasteiger partial charge in [0, 0.05) is 24.3 Å². The van der Waals surface area contributed by atoms with Gasteiger partial charge in [-0.25, -0.2) is 0 Å². The van der Waals surface area contributed by atoms with Crippen LogP contribution in [0.4, 0.5) is 5.69 Å². The normalized spacial score (nSPS) is 10.9. The Bertz CT molecular complexity index is 596. The van der Waals surface area contributed by atoms with Gasteiger partial charge in [-0.1, -0.05) is 29.8 Å². The molecule has 0 bridgehead atoms. The quantitative estimate of drug-likeness (QED) is 0.824. The summed E-state index contributed by atoms with van der Waals surface area (Å²) >= 11 is 0. The molecule has 3 nitrogen and oxygen atoms in total. The number of hydrogen-bond donors (Lipinski definition) is 1. The fraction of sp³-hybridized carbons (Fsp3) is 0.333. The van der Waals surface area contributed by atoms with Crippen LogP contribution in [0.1, 0.15) is 23.6 Å². The van der Waals surface area contributed by atoms with Gasteiger partial charge in [0.15, 0.2) is 0 Å². The molecule has 0 fully saturated rings. The molecule has 2 aromatic carbocycles. The van der Waals surface area contributed by atoms with Crippen LogP contribution < -0.4 is 10.5 Å². The highest BCUT2D eigenvalue weighted by Crippen LogP contribution is 2.23. The molecule has 0 spiro atoms. The molecule has 2 N–H and O–H groups in total. The Hall–Kier alpha value is -2.00. The summed E-state index contributed by atoms with van der Waals surface area (Å²) < 4.78 is 5.68. The first kappa shape index (κ1) is 15.4. The van der Waals surface area contributed by atoms with Crippen LogP contribution in [-0.4, -0.2) is 18.6 Å². The van der Waals surface area contributed by atoms with E-state index in [1.54, 1.807) is 0 Å². The maximum Gasteiger partial charge on any atom is 0.123 e. The summed E-state index contributed by atoms with van der Waals surface area (Å²) in [5.41, 5.74) is 10.4. The highest BCUT2D eigenvalue weighted by atomic mass is 16.5. The molecular weight excluding hydrogens is 260 g/mol. The molecule has 0 aliphatic heterocycles. The molecule has 0 aliphatic carbocycles. The lowest BCUT2D eigenvalue weighted by atomic mass is 10.1. The molecule has 0 unspecified atom stereocenters. The van der Waals surface area contributed by atoms with Crippen LogP contribution in [0.15, 0.2) is 42.5 Å². The average molecular weight is 284 g/mol. The van der Waals surface area contributed by atoms with E-state index in [1.807, 2.05) is 25.1 Å². The Balaban J connectivity index is 2.08. The van der Waals surface area contributed by atoms with Crippen molar-refractivity contribution >= 4 is 5.69 Å². The average Bonchev–Trinajstić information content (AvgIpc) is 2.42. The highest BCUT2D eigenvalue weighted by molar-refractivity contribution is 5.47. The van der Waals surface area contributed by atoms with Crippen LogP contribution in [0.3, 0.4) is 0 Å². The summed E-state index contributed by atoms with van der Waals surface area (Å²) in [6, 6.07) is 14.4. The summed E-state index contributed by atoms with van der Waals surface area (Å²) in [7, 11) is 2.11. The van der Waals surface area contributed by atoms with Gasteiger partial charge in [-0.3, -0.25) is 4.90 Å². The third-order valence-electron chi connectivity index (χ3n) is 3.36. The van der Waals surface area contributed by atoms with E-state index in [0.717, 1.165) is 30.1 Å². The zero-order chi connectivity index (χ0) is 15.2. The number of nitrogen functional groups attached to an aromatic ring is 1. The fourth-order valence-corrected chi connectivity index (χ4v) is 2.49. The van der Waals surface area contributed by atoms with E-state index in [9.17, 15) is 0 Å². The first-order valence-electron chi connectivity index (χ1n) is 7.33. The van der Waals surface area contributed by atoms with Crippen LogP contribution in [0.2, 0.25) is 0 Å². The zero-order valence-corrected chi connectivity index (χ0v) is 13.1. The molecule has 3 heteroatoms. The van der Waals surface area contributed by atoms with Crippen LogP contribution in [0, 0.1) is 6.92 Å². The Labute approximate surface area is 127 Å². The summed E-state index contributed by atoms with van der Waals surface area (Å²) in [4.78, 5) is 2.27. The largest absolute Gasteiger partial charge is 0.494 e. The number of hydrogen-bond acceptors (Lipinski definition) is 3. The first-order valence-corrected chi connectivity index (χ1v) is 7.33. The number of benzene rings is 2. The molecule has 0 aromatic heterocycles. The van der Waals surface area contributed by atoms with E-state index >= 15 is 0 Å². The van der Waals surface area contributed by atoms with Crippen molar-refractivity contribution in [3.05, 3.63) is 59.2 Å². The molecule has 0 saturated heterocycles. The van der Waals surface area contributed by atoms with Crippen molar-refractivity contribution in [2.45, 2.75) is 26.9 Å². The minimum atomic E-state index is 0.665. The van der Waals surface area contributed by atoms with Gasteiger partial charge in [0.2, 0.25) is 0 Å². The second-order valence-electron chi connectivity index (χ2n) is 5.46. The van der Waals surface area contributed by atoms with Crippen molar-refractivity contribution < 1.29 is 4.74 Å². The number of nitrogens with two attached hydrogens (primary N) is 1. The van der Waals surface area contributed by atoms with E-state index < -0.39 is 0 Å². The van der Waals surface area contributed by atoms with Gasteiger partial charge < -0.3 is 10.5 Å². The fourth-order valence-electron chi connectivity index (χ4n) is 2.49. The lowest BCUT2D eigenvalue weighted by Crippen LogP contribution is -2.18. The minimum absolute atomic E-state index is 0.665. The maximum atomic E-state index is 5.90. The van der Waals surface area contributed by atoms with Gasteiger partial charge in [0.25, 0.3) is 0 Å². The molecule has 2 rings (SSSR count). The molecule has 0 heterocycles.